The molecule has 0 aliphatic carbocycles. The van der Waals surface area contributed by atoms with Gasteiger partial charge in [0.25, 0.3) is 0 Å². The highest BCUT2D eigenvalue weighted by Crippen LogP contribution is 2.38. The molecule has 0 saturated carbocycles. The molecule has 0 radical (unpaired) electrons. The van der Waals surface area contributed by atoms with Gasteiger partial charge in [-0.15, -0.1) is 0 Å². The second-order valence-corrected chi connectivity index (χ2v) is 12.1. The number of piperidine rings is 1. The Morgan fingerprint density at radius 1 is 1.00 bits per heavy atom. The average molecular weight is 565 g/mol. The molecule has 8 heteroatoms. The summed E-state index contributed by atoms with van der Waals surface area (Å²) in [6, 6.07) is 21.1. The van der Waals surface area contributed by atoms with E-state index >= 15 is 0 Å². The molecule has 1 unspecified atom stereocenters. The minimum Gasteiger partial charge on any atom is -0.317 e. The lowest BCUT2D eigenvalue weighted by molar-refractivity contribution is 0.0959. The van der Waals surface area contributed by atoms with Gasteiger partial charge in [0.15, 0.2) is 5.78 Å². The van der Waals surface area contributed by atoms with Gasteiger partial charge in [-0.3, -0.25) is 15.1 Å². The van der Waals surface area contributed by atoms with Crippen molar-refractivity contribution in [2.75, 3.05) is 23.7 Å². The van der Waals surface area contributed by atoms with Crippen molar-refractivity contribution in [2.45, 2.75) is 58.3 Å². The van der Waals surface area contributed by atoms with Gasteiger partial charge in [-0.1, -0.05) is 56.7 Å². The molecule has 1 aliphatic rings. The number of pyridine rings is 1. The first-order valence-corrected chi connectivity index (χ1v) is 14.7. The summed E-state index contributed by atoms with van der Waals surface area (Å²) in [7, 11) is 0. The van der Waals surface area contributed by atoms with Gasteiger partial charge in [-0.25, -0.2) is 9.48 Å². The predicted molar refractivity (Wildman–Crippen MR) is 168 cm³/mol. The first kappa shape index (κ1) is 29.2. The second-order valence-electron chi connectivity index (χ2n) is 12.1. The fourth-order valence-electron chi connectivity index (χ4n) is 5.55. The Labute approximate surface area is 248 Å². The van der Waals surface area contributed by atoms with Gasteiger partial charge in [0.05, 0.1) is 11.4 Å². The Morgan fingerprint density at radius 2 is 1.74 bits per heavy atom. The molecular formula is C34H40N6O2. The number of carbonyl (C=O) groups is 2. The lowest BCUT2D eigenvalue weighted by Crippen LogP contribution is -2.32. The van der Waals surface area contributed by atoms with E-state index in [2.05, 4.69) is 41.7 Å². The number of aromatic nitrogens is 3. The molecule has 5 rings (SSSR count). The van der Waals surface area contributed by atoms with E-state index in [0.717, 1.165) is 48.4 Å². The molecule has 218 valence electrons. The molecule has 1 atom stereocenters. The zero-order valence-corrected chi connectivity index (χ0v) is 24.9. The third-order valence-electron chi connectivity index (χ3n) is 7.95. The van der Waals surface area contributed by atoms with Crippen molar-refractivity contribution in [3.63, 3.8) is 0 Å². The van der Waals surface area contributed by atoms with E-state index in [0.29, 0.717) is 29.4 Å². The molecule has 3 heterocycles. The van der Waals surface area contributed by atoms with Crippen molar-refractivity contribution in [2.24, 2.45) is 5.92 Å². The molecule has 2 amide bonds. The van der Waals surface area contributed by atoms with Crippen LogP contribution in [0.2, 0.25) is 0 Å². The molecule has 1 aliphatic heterocycles. The number of nitrogens with zero attached hydrogens (tertiary/aromatic N) is 3. The van der Waals surface area contributed by atoms with Gasteiger partial charge in [-0.2, -0.15) is 5.10 Å². The largest absolute Gasteiger partial charge is 0.324 e. The average Bonchev–Trinajstić information content (AvgIpc) is 3.42. The maximum absolute atomic E-state index is 13.5. The highest BCUT2D eigenvalue weighted by Gasteiger charge is 2.30. The molecule has 1 fully saturated rings. The molecule has 42 heavy (non-hydrogen) atoms. The second kappa shape index (κ2) is 12.7. The van der Waals surface area contributed by atoms with Crippen molar-refractivity contribution in [3.05, 3.63) is 102 Å². The number of urea groups is 1. The summed E-state index contributed by atoms with van der Waals surface area (Å²) < 4.78 is 1.77. The number of para-hydroxylation sites is 1. The number of anilines is 2. The first-order chi connectivity index (χ1) is 20.2. The zero-order valence-electron chi connectivity index (χ0n) is 24.9. The number of rotatable bonds is 8. The summed E-state index contributed by atoms with van der Waals surface area (Å²) in [4.78, 5) is 31.0. The third-order valence-corrected chi connectivity index (χ3v) is 7.95. The first-order valence-electron chi connectivity index (χ1n) is 14.7. The number of aryl methyl sites for hydroxylation is 1. The highest BCUT2D eigenvalue weighted by molar-refractivity contribution is 6.00. The maximum atomic E-state index is 13.5. The van der Waals surface area contributed by atoms with E-state index in [9.17, 15) is 9.59 Å². The number of hydrogen-bond acceptors (Lipinski definition) is 5. The molecule has 1 saturated heterocycles. The summed E-state index contributed by atoms with van der Waals surface area (Å²) >= 11 is 0. The number of Topliss-reactive ketones (excluding diaryl/α,β-unsaturated/α-hetero) is 1. The van der Waals surface area contributed by atoms with Crippen LogP contribution in [-0.4, -0.2) is 39.7 Å². The number of benzene rings is 2. The van der Waals surface area contributed by atoms with Crippen molar-refractivity contribution in [1.82, 2.24) is 20.1 Å². The van der Waals surface area contributed by atoms with Crippen LogP contribution in [0.3, 0.4) is 0 Å². The summed E-state index contributed by atoms with van der Waals surface area (Å²) in [5.74, 6) is 0.917. The van der Waals surface area contributed by atoms with Crippen molar-refractivity contribution >= 4 is 23.3 Å². The number of ketones is 1. The summed E-state index contributed by atoms with van der Waals surface area (Å²) in [6.45, 7) is 10.2. The van der Waals surface area contributed by atoms with Gasteiger partial charge < -0.3 is 10.6 Å². The van der Waals surface area contributed by atoms with E-state index in [1.54, 1.807) is 23.1 Å². The quantitative estimate of drug-likeness (QED) is 0.203. The van der Waals surface area contributed by atoms with E-state index in [-0.39, 0.29) is 23.1 Å². The van der Waals surface area contributed by atoms with Gasteiger partial charge in [-0.05, 0) is 80.6 Å². The Hall–Kier alpha value is -4.30. The van der Waals surface area contributed by atoms with Crippen LogP contribution in [0.25, 0.3) is 5.69 Å². The standard InChI is InChI=1S/C34H40N6O2/c1-23-11-13-26(14-12-23)40-32(21-31(39-40)34(2,3)4)38-33(42)37-29-10-6-5-9-27(29)28(24-15-18-35-19-16-24)20-30(41)25-8-7-17-36-22-25/h5-14,17,21-22,24,28,35H,15-16,18-20H2,1-4H3,(H2,37,38,42). The van der Waals surface area contributed by atoms with Crippen LogP contribution in [-0.2, 0) is 5.41 Å². The number of hydrogen-bond donors (Lipinski definition) is 3. The van der Waals surface area contributed by atoms with E-state index in [4.69, 9.17) is 5.10 Å². The van der Waals surface area contributed by atoms with Gasteiger partial charge in [0, 0.05) is 41.5 Å². The molecule has 0 bridgehead atoms. The predicted octanol–water partition coefficient (Wildman–Crippen LogP) is 6.87. The monoisotopic (exact) mass is 564 g/mol. The van der Waals surface area contributed by atoms with E-state index in [1.807, 2.05) is 67.6 Å². The van der Waals surface area contributed by atoms with E-state index in [1.165, 1.54) is 0 Å². The molecule has 2 aromatic carbocycles. The van der Waals surface area contributed by atoms with Crippen molar-refractivity contribution in [3.8, 4) is 5.69 Å². The van der Waals surface area contributed by atoms with Crippen LogP contribution < -0.4 is 16.0 Å². The summed E-state index contributed by atoms with van der Waals surface area (Å²) in [5, 5.41) is 14.4. The summed E-state index contributed by atoms with van der Waals surface area (Å²) in [5.41, 5.74) is 4.98. The highest BCUT2D eigenvalue weighted by atomic mass is 16.2. The Morgan fingerprint density at radius 3 is 2.43 bits per heavy atom. The Bertz CT molecular complexity index is 1520. The van der Waals surface area contributed by atoms with Crippen LogP contribution in [0.15, 0.2) is 79.1 Å². The van der Waals surface area contributed by atoms with Crippen LogP contribution in [0.4, 0.5) is 16.3 Å². The number of amides is 2. The van der Waals surface area contributed by atoms with Gasteiger partial charge in [0.1, 0.15) is 5.82 Å². The van der Waals surface area contributed by atoms with Crippen LogP contribution in [0.1, 0.15) is 73.1 Å². The molecule has 8 nitrogen and oxygen atoms in total. The van der Waals surface area contributed by atoms with Gasteiger partial charge >= 0.3 is 6.03 Å². The molecule has 4 aromatic rings. The van der Waals surface area contributed by atoms with E-state index < -0.39 is 0 Å². The molecule has 3 N–H and O–H groups in total. The maximum Gasteiger partial charge on any atom is 0.324 e. The SMILES string of the molecule is Cc1ccc(-n2nc(C(C)(C)C)cc2NC(=O)Nc2ccccc2C(CC(=O)c2cccnc2)C2CCNCC2)cc1. The minimum absolute atomic E-state index is 0.0399. The topological polar surface area (TPSA) is 101 Å². The fourth-order valence-corrected chi connectivity index (χ4v) is 5.55. The van der Waals surface area contributed by atoms with Gasteiger partial charge in [0.2, 0.25) is 0 Å². The fraction of sp³-hybridized carbons (Fsp3) is 0.353. The zero-order chi connectivity index (χ0) is 29.7. The Kier molecular flexibility index (Phi) is 8.83. The smallest absolute Gasteiger partial charge is 0.317 e. The third kappa shape index (κ3) is 6.94. The number of nitrogens with one attached hydrogen (secondary N) is 3. The Balaban J connectivity index is 1.42. The normalized spacial score (nSPS) is 14.8. The van der Waals surface area contributed by atoms with Crippen LogP contribution in [0.5, 0.6) is 0 Å². The van der Waals surface area contributed by atoms with Crippen molar-refractivity contribution in [1.29, 1.82) is 0 Å². The lowest BCUT2D eigenvalue weighted by atomic mass is 9.76. The molecule has 2 aromatic heterocycles. The summed E-state index contributed by atoms with van der Waals surface area (Å²) in [6.07, 6.45) is 5.59. The lowest BCUT2D eigenvalue weighted by Gasteiger charge is -2.32. The van der Waals surface area contributed by atoms with Crippen LogP contribution >= 0.6 is 0 Å². The van der Waals surface area contributed by atoms with Crippen molar-refractivity contribution < 1.29 is 9.59 Å². The van der Waals surface area contributed by atoms with Crippen LogP contribution in [0, 0.1) is 12.8 Å². The number of carbonyl (C=O) groups excluding carboxylic acids is 2. The molecular weight excluding hydrogens is 524 g/mol. The molecule has 0 spiro atoms. The minimum atomic E-state index is -0.362.